The maximum absolute atomic E-state index is 14.1. The molecule has 1 N–H and O–H groups in total. The molecule has 12 heteroatoms. The topological polar surface area (TPSA) is 113 Å². The third-order valence-corrected chi connectivity index (χ3v) is 11.7. The summed E-state index contributed by atoms with van der Waals surface area (Å²) >= 11 is 17.8. The highest BCUT2D eigenvalue weighted by molar-refractivity contribution is 9.09. The highest BCUT2D eigenvalue weighted by Crippen LogP contribution is 2.66. The highest BCUT2D eigenvalue weighted by Gasteiger charge is 2.76. The monoisotopic (exact) mass is 668 g/mol. The summed E-state index contributed by atoms with van der Waals surface area (Å²) in [7, 11) is 2.77. The van der Waals surface area contributed by atoms with E-state index < -0.39 is 45.2 Å². The lowest BCUT2D eigenvalue weighted by Gasteiger charge is -2.50. The fraction of sp³-hybridized carbons (Fsp3) is 0.586. The Morgan fingerprint density at radius 3 is 2.20 bits per heavy atom. The molecule has 3 aliphatic carbocycles. The van der Waals surface area contributed by atoms with Gasteiger partial charge in [0, 0.05) is 12.0 Å². The van der Waals surface area contributed by atoms with Crippen molar-refractivity contribution in [3.63, 3.8) is 0 Å². The lowest BCUT2D eigenvalue weighted by Crippen LogP contribution is -2.60. The van der Waals surface area contributed by atoms with Crippen LogP contribution in [0.2, 0.25) is 0 Å². The molecular weight excluding hydrogens is 639 g/mol. The largest absolute Gasteiger partial charge is 0.502 e. The van der Waals surface area contributed by atoms with E-state index in [1.807, 2.05) is 6.08 Å². The Balaban J connectivity index is 1.53. The number of phenols is 1. The van der Waals surface area contributed by atoms with Crippen LogP contribution in [-0.4, -0.2) is 74.0 Å². The molecule has 2 heterocycles. The Labute approximate surface area is 256 Å². The molecular formula is C29H31BrCl2N2O7. The van der Waals surface area contributed by atoms with Gasteiger partial charge in [-0.1, -0.05) is 46.8 Å². The third-order valence-electron chi connectivity index (χ3n) is 9.82. The minimum atomic E-state index is -1.95. The van der Waals surface area contributed by atoms with Crippen LogP contribution in [-0.2, 0) is 19.2 Å². The normalized spacial score (nSPS) is 35.3. The Morgan fingerprint density at radius 1 is 0.976 bits per heavy atom. The molecule has 0 spiro atoms. The molecule has 4 amide bonds. The smallest absolute Gasteiger partial charge is 0.254 e. The second kappa shape index (κ2) is 10.2. The molecule has 1 aromatic carbocycles. The first-order valence-electron chi connectivity index (χ1n) is 13.9. The van der Waals surface area contributed by atoms with Gasteiger partial charge in [-0.15, -0.1) is 23.2 Å². The van der Waals surface area contributed by atoms with Gasteiger partial charge in [-0.05, 0) is 49.3 Å². The van der Waals surface area contributed by atoms with Crippen molar-refractivity contribution in [2.75, 3.05) is 19.7 Å². The molecule has 0 aromatic heterocycles. The van der Waals surface area contributed by atoms with E-state index in [0.29, 0.717) is 17.6 Å². The van der Waals surface area contributed by atoms with Gasteiger partial charge in [-0.3, -0.25) is 29.0 Å². The molecule has 0 radical (unpaired) electrons. The Kier molecular flexibility index (Phi) is 7.14. The molecule has 6 unspecified atom stereocenters. The predicted molar refractivity (Wildman–Crippen MR) is 153 cm³/mol. The Bertz CT molecular complexity index is 1360. The summed E-state index contributed by atoms with van der Waals surface area (Å²) < 4.78 is 10.8. The molecule has 6 atom stereocenters. The van der Waals surface area contributed by atoms with Crippen molar-refractivity contribution in [3.05, 3.63) is 29.3 Å². The number of amides is 4. The summed E-state index contributed by atoms with van der Waals surface area (Å²) in [6, 6.07) is 2.96. The van der Waals surface area contributed by atoms with Gasteiger partial charge in [0.2, 0.25) is 17.6 Å². The van der Waals surface area contributed by atoms with E-state index >= 15 is 0 Å². The zero-order valence-electron chi connectivity index (χ0n) is 22.7. The number of likely N-dealkylation sites (tertiary alicyclic amines) is 2. The van der Waals surface area contributed by atoms with E-state index in [9.17, 15) is 24.3 Å². The van der Waals surface area contributed by atoms with Crippen molar-refractivity contribution in [2.45, 2.75) is 66.7 Å². The number of ether oxygens (including phenoxy) is 2. The average molecular weight is 670 g/mol. The standard InChI is InChI=1S/C29H31BrCl2N2O7/c1-40-19-10-14(11-20(41-2)23(19)35)22-16-8-9-17-21(25(37)34(24(17)36)15-6-4-3-5-7-15)18(16)12-28(31)26(38)33(13-30)27(39)29(22,28)32/h8,10-11,15,17-18,21-22,35H,3-7,9,12-13H2,1-2H3. The van der Waals surface area contributed by atoms with Gasteiger partial charge in [0.25, 0.3) is 11.8 Å². The van der Waals surface area contributed by atoms with Gasteiger partial charge in [0.05, 0.1) is 31.5 Å². The number of aromatic hydroxyl groups is 1. The molecule has 4 fully saturated rings. The molecule has 1 aromatic rings. The Morgan fingerprint density at radius 2 is 1.61 bits per heavy atom. The van der Waals surface area contributed by atoms with Crippen LogP contribution in [0.5, 0.6) is 17.2 Å². The van der Waals surface area contributed by atoms with Crippen LogP contribution in [0, 0.1) is 17.8 Å². The number of phenolic OH excluding ortho intramolecular Hbond substituents is 1. The number of benzene rings is 1. The quantitative estimate of drug-likeness (QED) is 0.213. The molecule has 41 heavy (non-hydrogen) atoms. The average Bonchev–Trinajstić information content (AvgIpc) is 3.31. The molecule has 9 nitrogen and oxygen atoms in total. The van der Waals surface area contributed by atoms with E-state index in [4.69, 9.17) is 32.7 Å². The molecule has 5 aliphatic rings. The van der Waals surface area contributed by atoms with Gasteiger partial charge in [-0.2, -0.15) is 0 Å². The fourth-order valence-electron chi connectivity index (χ4n) is 7.93. The molecule has 6 rings (SSSR count). The molecule has 220 valence electrons. The maximum Gasteiger partial charge on any atom is 0.254 e. The van der Waals surface area contributed by atoms with Crippen molar-refractivity contribution < 1.29 is 33.8 Å². The zero-order valence-corrected chi connectivity index (χ0v) is 25.8. The van der Waals surface area contributed by atoms with Crippen molar-refractivity contribution in [3.8, 4) is 17.2 Å². The molecule has 0 bridgehead atoms. The summed E-state index contributed by atoms with van der Waals surface area (Å²) in [6.07, 6.45) is 6.72. The van der Waals surface area contributed by atoms with Crippen LogP contribution in [0.15, 0.2) is 23.8 Å². The van der Waals surface area contributed by atoms with Crippen molar-refractivity contribution in [2.24, 2.45) is 17.8 Å². The minimum Gasteiger partial charge on any atom is -0.502 e. The van der Waals surface area contributed by atoms with Gasteiger partial charge >= 0.3 is 0 Å². The lowest BCUT2D eigenvalue weighted by molar-refractivity contribution is -0.144. The lowest BCUT2D eigenvalue weighted by atomic mass is 9.56. The van der Waals surface area contributed by atoms with E-state index in [-0.39, 0.29) is 47.0 Å². The summed E-state index contributed by atoms with van der Waals surface area (Å²) in [5.74, 6) is -4.65. The molecule has 2 saturated heterocycles. The van der Waals surface area contributed by atoms with Crippen LogP contribution < -0.4 is 9.47 Å². The summed E-state index contributed by atoms with van der Waals surface area (Å²) in [4.78, 5) is 54.1. The second-order valence-electron chi connectivity index (χ2n) is 11.6. The number of carbonyl (C=O) groups excluding carboxylic acids is 4. The minimum absolute atomic E-state index is 0.0699. The number of hydrogen-bond donors (Lipinski definition) is 1. The van der Waals surface area contributed by atoms with Crippen LogP contribution in [0.25, 0.3) is 0 Å². The Hall–Kier alpha value is -2.30. The number of fused-ring (bicyclic) bond motifs is 4. The van der Waals surface area contributed by atoms with Crippen LogP contribution in [0.4, 0.5) is 0 Å². The second-order valence-corrected chi connectivity index (χ2v) is 13.3. The molecule has 2 aliphatic heterocycles. The van der Waals surface area contributed by atoms with E-state index in [1.165, 1.54) is 19.1 Å². The van der Waals surface area contributed by atoms with Gasteiger partial charge in [0.1, 0.15) is 0 Å². The number of allylic oxidation sites excluding steroid dienone is 2. The van der Waals surface area contributed by atoms with E-state index in [2.05, 4.69) is 15.9 Å². The van der Waals surface area contributed by atoms with Gasteiger partial charge in [-0.25, -0.2) is 0 Å². The number of carbonyl (C=O) groups is 4. The number of halogens is 3. The van der Waals surface area contributed by atoms with Crippen LogP contribution in [0.3, 0.4) is 0 Å². The number of imide groups is 2. The summed E-state index contributed by atoms with van der Waals surface area (Å²) in [6.45, 7) is 0. The van der Waals surface area contributed by atoms with Gasteiger partial charge in [0.15, 0.2) is 21.2 Å². The highest BCUT2D eigenvalue weighted by atomic mass is 79.9. The first-order chi connectivity index (χ1) is 19.5. The van der Waals surface area contributed by atoms with Crippen LogP contribution >= 0.6 is 39.1 Å². The van der Waals surface area contributed by atoms with Crippen LogP contribution in [0.1, 0.15) is 56.4 Å². The van der Waals surface area contributed by atoms with Crippen molar-refractivity contribution in [1.82, 2.24) is 9.80 Å². The first kappa shape index (κ1) is 28.8. The summed E-state index contributed by atoms with van der Waals surface area (Å²) in [5, 5.41) is 10.6. The number of methoxy groups -OCH3 is 2. The number of alkyl halides is 3. The van der Waals surface area contributed by atoms with Crippen molar-refractivity contribution >= 4 is 62.8 Å². The molecule has 2 saturated carbocycles. The number of nitrogens with zero attached hydrogens (tertiary/aromatic N) is 2. The zero-order chi connectivity index (χ0) is 29.4. The maximum atomic E-state index is 14.1. The number of hydrogen-bond acceptors (Lipinski definition) is 7. The van der Waals surface area contributed by atoms with E-state index in [0.717, 1.165) is 37.0 Å². The SMILES string of the molecule is COc1cc(C2C3=CCC4C(=O)N(C5CCCCC5)C(=O)C4C3CC3(Cl)C(=O)N(CBr)C(=O)C23Cl)cc(OC)c1O. The van der Waals surface area contributed by atoms with E-state index in [1.54, 1.807) is 12.1 Å². The van der Waals surface area contributed by atoms with Crippen molar-refractivity contribution in [1.29, 1.82) is 0 Å². The predicted octanol–water partition coefficient (Wildman–Crippen LogP) is 4.45. The fourth-order valence-corrected chi connectivity index (χ4v) is 9.36. The first-order valence-corrected chi connectivity index (χ1v) is 15.7. The number of rotatable bonds is 5. The summed E-state index contributed by atoms with van der Waals surface area (Å²) in [5.41, 5.74) is 1.01. The third kappa shape index (κ3) is 3.78. The van der Waals surface area contributed by atoms with Gasteiger partial charge < -0.3 is 14.6 Å².